The van der Waals surface area contributed by atoms with Gasteiger partial charge in [-0.3, -0.25) is 9.78 Å². The summed E-state index contributed by atoms with van der Waals surface area (Å²) >= 11 is 0. The van der Waals surface area contributed by atoms with E-state index in [1.807, 2.05) is 31.2 Å². The molecule has 5 nitrogen and oxygen atoms in total. The Morgan fingerprint density at radius 2 is 2.38 bits per heavy atom. The van der Waals surface area contributed by atoms with Crippen molar-refractivity contribution in [2.75, 3.05) is 13.1 Å². The maximum absolute atomic E-state index is 11.1. The predicted octanol–water partition coefficient (Wildman–Crippen LogP) is 0.119. The zero-order valence-corrected chi connectivity index (χ0v) is 9.16. The van der Waals surface area contributed by atoms with Crippen molar-refractivity contribution in [3.05, 3.63) is 29.6 Å². The smallest absolute Gasteiger partial charge is 0.234 e. The third kappa shape index (κ3) is 4.53. The van der Waals surface area contributed by atoms with Gasteiger partial charge in [0, 0.05) is 12.2 Å². The summed E-state index contributed by atoms with van der Waals surface area (Å²) in [4.78, 5) is 15.4. The van der Waals surface area contributed by atoms with Crippen molar-refractivity contribution in [3.8, 4) is 6.07 Å². The molecule has 1 heterocycles. The Hall–Kier alpha value is -1.93. The minimum Gasteiger partial charge on any atom is -0.342 e. The third-order valence-electron chi connectivity index (χ3n) is 1.90. The number of nitrogens with one attached hydrogen (secondary N) is 2. The quantitative estimate of drug-likeness (QED) is 0.688. The summed E-state index contributed by atoms with van der Waals surface area (Å²) in [6.45, 7) is 2.70. The molecule has 0 spiro atoms. The van der Waals surface area contributed by atoms with Crippen LogP contribution in [-0.4, -0.2) is 24.0 Å². The molecule has 0 unspecified atom stereocenters. The van der Waals surface area contributed by atoms with Crippen LogP contribution in [0.4, 0.5) is 0 Å². The zero-order valence-electron chi connectivity index (χ0n) is 9.16. The van der Waals surface area contributed by atoms with E-state index in [0.29, 0.717) is 6.54 Å². The van der Waals surface area contributed by atoms with E-state index >= 15 is 0 Å². The van der Waals surface area contributed by atoms with E-state index in [0.717, 1.165) is 11.4 Å². The van der Waals surface area contributed by atoms with Crippen LogP contribution in [-0.2, 0) is 11.3 Å². The maximum atomic E-state index is 11.1. The van der Waals surface area contributed by atoms with Crippen molar-refractivity contribution < 1.29 is 4.79 Å². The van der Waals surface area contributed by atoms with Crippen LogP contribution in [0.25, 0.3) is 0 Å². The Morgan fingerprint density at radius 3 is 3.06 bits per heavy atom. The van der Waals surface area contributed by atoms with Gasteiger partial charge in [-0.15, -0.1) is 0 Å². The minimum atomic E-state index is -0.186. The van der Waals surface area contributed by atoms with Gasteiger partial charge in [0.1, 0.15) is 6.54 Å². The Balaban J connectivity index is 2.26. The van der Waals surface area contributed by atoms with Crippen LogP contribution in [0.5, 0.6) is 0 Å². The van der Waals surface area contributed by atoms with E-state index in [9.17, 15) is 4.79 Å². The molecule has 1 aromatic rings. The van der Waals surface area contributed by atoms with Gasteiger partial charge in [-0.25, -0.2) is 0 Å². The van der Waals surface area contributed by atoms with E-state index in [1.165, 1.54) is 0 Å². The summed E-state index contributed by atoms with van der Waals surface area (Å²) in [7, 11) is 0. The number of aromatic nitrogens is 1. The predicted molar refractivity (Wildman–Crippen MR) is 59.3 cm³/mol. The van der Waals surface area contributed by atoms with Gasteiger partial charge >= 0.3 is 0 Å². The number of nitriles is 1. The largest absolute Gasteiger partial charge is 0.342 e. The number of carbonyl (C=O) groups is 1. The van der Waals surface area contributed by atoms with Gasteiger partial charge < -0.3 is 10.6 Å². The molecule has 1 aromatic heterocycles. The Labute approximate surface area is 94.5 Å². The lowest BCUT2D eigenvalue weighted by atomic mass is 10.3. The highest BCUT2D eigenvalue weighted by Gasteiger charge is 1.99. The fourth-order valence-corrected chi connectivity index (χ4v) is 1.20. The minimum absolute atomic E-state index is 0.0448. The molecule has 0 aliphatic heterocycles. The molecule has 0 aromatic carbocycles. The number of carbonyl (C=O) groups excluding carboxylic acids is 1. The molecule has 0 fully saturated rings. The molecule has 1 rings (SSSR count). The monoisotopic (exact) mass is 218 g/mol. The molecule has 0 saturated heterocycles. The SMILES string of the molecule is Cc1cccc(CNCC(=O)NCC#N)n1. The average Bonchev–Trinajstić information content (AvgIpc) is 2.26. The highest BCUT2D eigenvalue weighted by atomic mass is 16.1. The Morgan fingerprint density at radius 1 is 1.56 bits per heavy atom. The number of nitrogens with zero attached hydrogens (tertiary/aromatic N) is 2. The van der Waals surface area contributed by atoms with Gasteiger partial charge in [0.05, 0.1) is 18.3 Å². The first kappa shape index (κ1) is 12.1. The molecule has 0 bridgehead atoms. The summed E-state index contributed by atoms with van der Waals surface area (Å²) in [5.41, 5.74) is 1.85. The van der Waals surface area contributed by atoms with Crippen LogP contribution in [0.15, 0.2) is 18.2 Å². The fraction of sp³-hybridized carbons (Fsp3) is 0.364. The summed E-state index contributed by atoms with van der Waals surface area (Å²) in [5, 5.41) is 13.7. The molecule has 2 N–H and O–H groups in total. The third-order valence-corrected chi connectivity index (χ3v) is 1.90. The van der Waals surface area contributed by atoms with Crippen LogP contribution in [0, 0.1) is 18.3 Å². The highest BCUT2D eigenvalue weighted by Crippen LogP contribution is 1.96. The number of amides is 1. The number of rotatable bonds is 5. The standard InChI is InChI=1S/C11H14N4O/c1-9-3-2-4-10(15-9)7-13-8-11(16)14-6-5-12/h2-4,13H,6-8H2,1H3,(H,14,16). The second-order valence-corrected chi connectivity index (χ2v) is 3.31. The summed E-state index contributed by atoms with van der Waals surface area (Å²) in [6.07, 6.45) is 0. The summed E-state index contributed by atoms with van der Waals surface area (Å²) in [5.74, 6) is -0.186. The van der Waals surface area contributed by atoms with Crippen molar-refractivity contribution in [1.82, 2.24) is 15.6 Å². The lowest BCUT2D eigenvalue weighted by molar-refractivity contribution is -0.120. The zero-order chi connectivity index (χ0) is 11.8. The lowest BCUT2D eigenvalue weighted by Gasteiger charge is -2.04. The lowest BCUT2D eigenvalue weighted by Crippen LogP contribution is -2.33. The van der Waals surface area contributed by atoms with Crippen molar-refractivity contribution in [2.24, 2.45) is 0 Å². The van der Waals surface area contributed by atoms with Crippen LogP contribution in [0.3, 0.4) is 0 Å². The molecular formula is C11H14N4O. The van der Waals surface area contributed by atoms with Gasteiger partial charge in [-0.1, -0.05) is 6.07 Å². The number of hydrogen-bond acceptors (Lipinski definition) is 4. The van der Waals surface area contributed by atoms with Crippen molar-refractivity contribution in [1.29, 1.82) is 5.26 Å². The van der Waals surface area contributed by atoms with Gasteiger partial charge in [-0.05, 0) is 19.1 Å². The number of pyridine rings is 1. The molecule has 1 amide bonds. The van der Waals surface area contributed by atoms with E-state index < -0.39 is 0 Å². The normalized spacial score (nSPS) is 9.50. The van der Waals surface area contributed by atoms with Crippen molar-refractivity contribution in [3.63, 3.8) is 0 Å². The maximum Gasteiger partial charge on any atom is 0.234 e. The molecule has 16 heavy (non-hydrogen) atoms. The molecule has 0 saturated carbocycles. The van der Waals surface area contributed by atoms with Gasteiger partial charge in [0.25, 0.3) is 0 Å². The van der Waals surface area contributed by atoms with E-state index in [-0.39, 0.29) is 19.0 Å². The molecule has 0 aliphatic carbocycles. The molecule has 0 radical (unpaired) electrons. The molecule has 84 valence electrons. The number of hydrogen-bond donors (Lipinski definition) is 2. The molecular weight excluding hydrogens is 204 g/mol. The Kier molecular flexibility index (Phi) is 4.96. The fourth-order valence-electron chi connectivity index (χ4n) is 1.20. The first-order valence-electron chi connectivity index (χ1n) is 4.99. The van der Waals surface area contributed by atoms with Crippen LogP contribution >= 0.6 is 0 Å². The summed E-state index contributed by atoms with van der Waals surface area (Å²) < 4.78 is 0. The Bertz CT molecular complexity index is 397. The van der Waals surface area contributed by atoms with Crippen LogP contribution < -0.4 is 10.6 Å². The van der Waals surface area contributed by atoms with Crippen molar-refractivity contribution >= 4 is 5.91 Å². The summed E-state index contributed by atoms with van der Waals surface area (Å²) in [6, 6.07) is 7.58. The second kappa shape index (κ2) is 6.53. The van der Waals surface area contributed by atoms with E-state index in [1.54, 1.807) is 0 Å². The number of aryl methyl sites for hydroxylation is 1. The van der Waals surface area contributed by atoms with Crippen LogP contribution in [0.1, 0.15) is 11.4 Å². The first-order valence-corrected chi connectivity index (χ1v) is 4.99. The van der Waals surface area contributed by atoms with Crippen LogP contribution in [0.2, 0.25) is 0 Å². The van der Waals surface area contributed by atoms with Gasteiger partial charge in [-0.2, -0.15) is 5.26 Å². The molecule has 5 heteroatoms. The topological polar surface area (TPSA) is 77.8 Å². The van der Waals surface area contributed by atoms with E-state index in [2.05, 4.69) is 15.6 Å². The second-order valence-electron chi connectivity index (χ2n) is 3.31. The molecule has 0 aliphatic rings. The van der Waals surface area contributed by atoms with Gasteiger partial charge in [0.2, 0.25) is 5.91 Å². The first-order chi connectivity index (χ1) is 7.72. The van der Waals surface area contributed by atoms with Gasteiger partial charge in [0.15, 0.2) is 0 Å². The highest BCUT2D eigenvalue weighted by molar-refractivity contribution is 5.78. The molecule has 0 atom stereocenters. The van der Waals surface area contributed by atoms with E-state index in [4.69, 9.17) is 5.26 Å². The average molecular weight is 218 g/mol. The van der Waals surface area contributed by atoms with Crippen molar-refractivity contribution in [2.45, 2.75) is 13.5 Å².